The fourth-order valence-corrected chi connectivity index (χ4v) is 4.17. The van der Waals surface area contributed by atoms with E-state index >= 15 is 0 Å². The van der Waals surface area contributed by atoms with Crippen LogP contribution in [0.4, 0.5) is 11.4 Å². The highest BCUT2D eigenvalue weighted by molar-refractivity contribution is 6.18. The number of carbonyl (C=O) groups is 1. The number of allylic oxidation sites excluding steroid dienone is 1. The number of carbonyl (C=O) groups excluding carboxylic acids is 1. The maximum atomic E-state index is 13.0. The van der Waals surface area contributed by atoms with Crippen molar-refractivity contribution >= 4 is 29.7 Å². The Labute approximate surface area is 171 Å². The van der Waals surface area contributed by atoms with E-state index in [1.807, 2.05) is 6.07 Å². The van der Waals surface area contributed by atoms with Gasteiger partial charge in [0.25, 0.3) is 5.91 Å². The summed E-state index contributed by atoms with van der Waals surface area (Å²) < 4.78 is 6.13. The van der Waals surface area contributed by atoms with Gasteiger partial charge in [0.2, 0.25) is 0 Å². The van der Waals surface area contributed by atoms with E-state index in [1.165, 1.54) is 0 Å². The molecule has 0 aliphatic carbocycles. The van der Waals surface area contributed by atoms with Gasteiger partial charge in [-0.25, -0.2) is 4.99 Å². The average molecular weight is 393 g/mol. The zero-order chi connectivity index (χ0) is 20.6. The highest BCUT2D eigenvalue weighted by Crippen LogP contribution is 2.43. The molecule has 0 radical (unpaired) electrons. The van der Waals surface area contributed by atoms with E-state index in [2.05, 4.69) is 47.4 Å². The molecule has 1 unspecified atom stereocenters. The van der Waals surface area contributed by atoms with Crippen LogP contribution in [0, 0.1) is 5.41 Å². The van der Waals surface area contributed by atoms with Crippen molar-refractivity contribution in [2.45, 2.75) is 51.7 Å². The predicted octanol–water partition coefficient (Wildman–Crippen LogP) is 3.38. The number of ether oxygens (including phenoxy) is 1. The van der Waals surface area contributed by atoms with Crippen molar-refractivity contribution in [1.29, 1.82) is 5.41 Å². The van der Waals surface area contributed by atoms with E-state index in [4.69, 9.17) is 10.1 Å². The van der Waals surface area contributed by atoms with Crippen LogP contribution >= 0.6 is 0 Å². The second-order valence-electron chi connectivity index (χ2n) is 8.34. The van der Waals surface area contributed by atoms with E-state index < -0.39 is 0 Å². The summed E-state index contributed by atoms with van der Waals surface area (Å²) in [5.74, 6) is 0.888. The number of hydrogen-bond acceptors (Lipinski definition) is 6. The average Bonchev–Trinajstić information content (AvgIpc) is 3.23. The molecule has 152 valence electrons. The second kappa shape index (κ2) is 7.39. The Morgan fingerprint density at radius 3 is 2.93 bits per heavy atom. The summed E-state index contributed by atoms with van der Waals surface area (Å²) in [6, 6.07) is 4.47. The monoisotopic (exact) mass is 393 g/mol. The Morgan fingerprint density at radius 1 is 1.45 bits per heavy atom. The van der Waals surface area contributed by atoms with Crippen LogP contribution in [-0.4, -0.2) is 36.5 Å². The number of rotatable bonds is 4. The molecular weight excluding hydrogens is 366 g/mol. The van der Waals surface area contributed by atoms with E-state index in [1.54, 1.807) is 18.5 Å². The van der Waals surface area contributed by atoms with Gasteiger partial charge in [0, 0.05) is 49.3 Å². The van der Waals surface area contributed by atoms with Crippen LogP contribution in [-0.2, 0) is 11.2 Å². The Hall–Kier alpha value is -3.09. The van der Waals surface area contributed by atoms with Gasteiger partial charge in [-0.3, -0.25) is 4.79 Å². The van der Waals surface area contributed by atoms with Gasteiger partial charge in [0.15, 0.2) is 0 Å². The summed E-state index contributed by atoms with van der Waals surface area (Å²) in [6.45, 7) is 7.29. The summed E-state index contributed by atoms with van der Waals surface area (Å²) in [7, 11) is 0. The van der Waals surface area contributed by atoms with E-state index in [9.17, 15) is 4.79 Å². The summed E-state index contributed by atoms with van der Waals surface area (Å²) >= 11 is 0. The molecule has 3 N–H and O–H groups in total. The van der Waals surface area contributed by atoms with Crippen molar-refractivity contribution in [3.63, 3.8) is 0 Å². The van der Waals surface area contributed by atoms with Crippen molar-refractivity contribution in [2.75, 3.05) is 16.8 Å². The fourth-order valence-electron chi connectivity index (χ4n) is 4.17. The largest absolute Gasteiger partial charge is 0.487 e. The van der Waals surface area contributed by atoms with Gasteiger partial charge in [0.1, 0.15) is 17.2 Å². The lowest BCUT2D eigenvalue weighted by Crippen LogP contribution is -2.28. The van der Waals surface area contributed by atoms with Gasteiger partial charge >= 0.3 is 0 Å². The number of amides is 1. The minimum absolute atomic E-state index is 0.183. The third-order valence-electron chi connectivity index (χ3n) is 5.54. The molecule has 0 aromatic heterocycles. The predicted molar refractivity (Wildman–Crippen MR) is 116 cm³/mol. The van der Waals surface area contributed by atoms with Gasteiger partial charge in [-0.05, 0) is 45.8 Å². The zero-order valence-corrected chi connectivity index (χ0v) is 17.1. The van der Waals surface area contributed by atoms with E-state index in [-0.39, 0.29) is 17.1 Å². The summed E-state index contributed by atoms with van der Waals surface area (Å²) in [6.07, 6.45) is 9.08. The topological polar surface area (TPSA) is 89.8 Å². The van der Waals surface area contributed by atoms with Gasteiger partial charge < -0.3 is 25.7 Å². The maximum Gasteiger partial charge on any atom is 0.261 e. The van der Waals surface area contributed by atoms with E-state index in [0.717, 1.165) is 54.7 Å². The summed E-state index contributed by atoms with van der Waals surface area (Å²) in [5.41, 5.74) is 2.73. The molecule has 1 atom stereocenters. The van der Waals surface area contributed by atoms with Crippen molar-refractivity contribution < 1.29 is 9.53 Å². The van der Waals surface area contributed by atoms with Gasteiger partial charge in [-0.1, -0.05) is 0 Å². The molecule has 3 heterocycles. The molecular formula is C22H27N5O2. The molecule has 7 nitrogen and oxygen atoms in total. The minimum Gasteiger partial charge on any atom is -0.487 e. The molecule has 0 bridgehead atoms. The van der Waals surface area contributed by atoms with Crippen LogP contribution in [0.15, 0.2) is 40.8 Å². The molecule has 1 saturated heterocycles. The van der Waals surface area contributed by atoms with Crippen molar-refractivity contribution in [3.8, 4) is 5.75 Å². The number of benzene rings is 1. The van der Waals surface area contributed by atoms with Crippen molar-refractivity contribution in [2.24, 2.45) is 4.99 Å². The fraction of sp³-hybridized carbons (Fsp3) is 0.409. The molecule has 1 fully saturated rings. The Balaban J connectivity index is 1.71. The Kier molecular flexibility index (Phi) is 4.90. The first-order valence-corrected chi connectivity index (χ1v) is 10.0. The first-order valence-electron chi connectivity index (χ1n) is 10.0. The second-order valence-corrected chi connectivity index (χ2v) is 8.34. The van der Waals surface area contributed by atoms with Gasteiger partial charge in [0.05, 0.1) is 16.9 Å². The van der Waals surface area contributed by atoms with Crippen LogP contribution in [0.1, 0.15) is 39.2 Å². The van der Waals surface area contributed by atoms with E-state index in [0.29, 0.717) is 11.9 Å². The SMILES string of the molecule is CC1CCCN1c1cc2c(cc1NC(=O)/C(C=N)=C1\N=CC=CN1)CC(C)(C)O2. The highest BCUT2D eigenvalue weighted by Gasteiger charge is 2.33. The third-order valence-corrected chi connectivity index (χ3v) is 5.54. The van der Waals surface area contributed by atoms with Crippen LogP contribution in [0.2, 0.25) is 0 Å². The lowest BCUT2D eigenvalue weighted by Gasteiger charge is -2.27. The van der Waals surface area contributed by atoms with Crippen molar-refractivity contribution in [3.05, 3.63) is 41.4 Å². The summed E-state index contributed by atoms with van der Waals surface area (Å²) in [4.78, 5) is 19.5. The van der Waals surface area contributed by atoms with Gasteiger partial charge in [-0.15, -0.1) is 0 Å². The molecule has 1 aromatic carbocycles. The van der Waals surface area contributed by atoms with Gasteiger partial charge in [-0.2, -0.15) is 0 Å². The quantitative estimate of drug-likeness (QED) is 0.540. The third kappa shape index (κ3) is 3.77. The Bertz CT molecular complexity index is 945. The lowest BCUT2D eigenvalue weighted by molar-refractivity contribution is -0.112. The highest BCUT2D eigenvalue weighted by atomic mass is 16.5. The van der Waals surface area contributed by atoms with Crippen LogP contribution in [0.25, 0.3) is 0 Å². The lowest BCUT2D eigenvalue weighted by atomic mass is 10.0. The molecule has 0 saturated carbocycles. The molecule has 29 heavy (non-hydrogen) atoms. The molecule has 1 amide bonds. The maximum absolute atomic E-state index is 13.0. The number of hydrogen-bond donors (Lipinski definition) is 3. The zero-order valence-electron chi connectivity index (χ0n) is 17.1. The molecule has 3 aliphatic rings. The Morgan fingerprint density at radius 2 is 2.28 bits per heavy atom. The molecule has 1 aromatic rings. The van der Waals surface area contributed by atoms with Crippen molar-refractivity contribution in [1.82, 2.24) is 5.32 Å². The summed E-state index contributed by atoms with van der Waals surface area (Å²) in [5, 5.41) is 13.7. The standard InChI is InChI=1S/C22H27N5O2/c1-14-6-4-9-27(14)18-11-19-15(12-22(2,3)29-19)10-17(18)26-21(28)16(13-23)20-24-7-5-8-25-20/h5,7-8,10-11,13-14,23-24H,4,6,9,12H2,1-3H3,(H,26,28)/b20-16-,23-13?. The number of fused-ring (bicyclic) bond motifs is 1. The molecule has 7 heteroatoms. The molecule has 4 rings (SSSR count). The number of aliphatic imine (C=N–C) groups is 1. The molecule has 3 aliphatic heterocycles. The smallest absolute Gasteiger partial charge is 0.261 e. The number of anilines is 2. The normalized spacial score (nSPS) is 23.3. The number of nitrogens with zero attached hydrogens (tertiary/aromatic N) is 2. The molecule has 0 spiro atoms. The minimum atomic E-state index is -0.360. The van der Waals surface area contributed by atoms with Crippen LogP contribution < -0.4 is 20.3 Å². The first kappa shape index (κ1) is 19.2. The van der Waals surface area contributed by atoms with Crippen LogP contribution in [0.3, 0.4) is 0 Å². The number of nitrogens with one attached hydrogen (secondary N) is 3. The first-order chi connectivity index (χ1) is 13.9. The van der Waals surface area contributed by atoms with Crippen LogP contribution in [0.5, 0.6) is 5.75 Å².